The summed E-state index contributed by atoms with van der Waals surface area (Å²) in [6.07, 6.45) is 0. The monoisotopic (exact) mass is 304 g/mol. The van der Waals surface area contributed by atoms with Crippen LogP contribution >= 0.6 is 0 Å². The van der Waals surface area contributed by atoms with Gasteiger partial charge in [0.15, 0.2) is 0 Å². The Hall–Kier alpha value is -1.02. The average Bonchev–Trinajstić information content (AvgIpc) is 2.37. The summed E-state index contributed by atoms with van der Waals surface area (Å²) in [6.45, 7) is 4.01. The van der Waals surface area contributed by atoms with Gasteiger partial charge in [0.25, 0.3) is 0 Å². The standard InChI is InChI=1S/C13H21FN2O3S/c1-13(2,19-4)9-16-20(17,18)12-6-5-10(8-15-3)7-11(12)14/h5-7,15-16H,8-9H2,1-4H3. The summed E-state index contributed by atoms with van der Waals surface area (Å²) in [5, 5.41) is 2.87. The molecule has 0 radical (unpaired) electrons. The molecule has 114 valence electrons. The van der Waals surface area contributed by atoms with E-state index < -0.39 is 21.4 Å². The largest absolute Gasteiger partial charge is 0.377 e. The molecule has 7 heteroatoms. The first-order chi connectivity index (χ1) is 9.22. The van der Waals surface area contributed by atoms with E-state index in [4.69, 9.17) is 4.74 Å². The Bertz CT molecular complexity index is 559. The normalized spacial score (nSPS) is 12.7. The summed E-state index contributed by atoms with van der Waals surface area (Å²) in [5.41, 5.74) is 0.0245. The van der Waals surface area contributed by atoms with Gasteiger partial charge in [0, 0.05) is 20.2 Å². The quantitative estimate of drug-likeness (QED) is 0.795. The summed E-state index contributed by atoms with van der Waals surface area (Å²) < 4.78 is 45.5. The molecule has 0 saturated carbocycles. The number of nitrogens with one attached hydrogen (secondary N) is 2. The van der Waals surface area contributed by atoms with Crippen LogP contribution in [-0.2, 0) is 21.3 Å². The lowest BCUT2D eigenvalue weighted by atomic mass is 10.1. The van der Waals surface area contributed by atoms with E-state index >= 15 is 0 Å². The maximum atomic E-state index is 13.9. The second kappa shape index (κ2) is 6.62. The van der Waals surface area contributed by atoms with Crippen LogP contribution in [0, 0.1) is 5.82 Å². The summed E-state index contributed by atoms with van der Waals surface area (Å²) in [5.74, 6) is -0.763. The molecule has 0 saturated heterocycles. The topological polar surface area (TPSA) is 67.4 Å². The molecule has 1 rings (SSSR count). The van der Waals surface area contributed by atoms with Crippen LogP contribution in [0.2, 0.25) is 0 Å². The number of halogens is 1. The van der Waals surface area contributed by atoms with Crippen molar-refractivity contribution in [2.45, 2.75) is 30.9 Å². The molecular formula is C13H21FN2O3S. The first-order valence-electron chi connectivity index (χ1n) is 6.20. The molecule has 5 nitrogen and oxygen atoms in total. The van der Waals surface area contributed by atoms with E-state index in [1.807, 2.05) is 0 Å². The third-order valence-electron chi connectivity index (χ3n) is 2.91. The molecule has 0 aromatic heterocycles. The predicted molar refractivity (Wildman–Crippen MR) is 75.4 cm³/mol. The number of methoxy groups -OCH3 is 1. The van der Waals surface area contributed by atoms with E-state index in [1.54, 1.807) is 27.0 Å². The molecule has 0 atom stereocenters. The third kappa shape index (κ3) is 4.52. The fourth-order valence-electron chi connectivity index (χ4n) is 1.50. The average molecular weight is 304 g/mol. The molecule has 2 N–H and O–H groups in total. The van der Waals surface area contributed by atoms with Gasteiger partial charge in [0.05, 0.1) is 5.60 Å². The van der Waals surface area contributed by atoms with Gasteiger partial charge < -0.3 is 10.1 Å². The van der Waals surface area contributed by atoms with E-state index in [-0.39, 0.29) is 11.4 Å². The molecule has 0 aliphatic carbocycles. The number of ether oxygens (including phenoxy) is 1. The summed E-state index contributed by atoms with van der Waals surface area (Å²) in [6, 6.07) is 4.06. The lowest BCUT2D eigenvalue weighted by molar-refractivity contribution is 0.0276. The fourth-order valence-corrected chi connectivity index (χ4v) is 2.75. The van der Waals surface area contributed by atoms with Crippen LogP contribution in [0.4, 0.5) is 4.39 Å². The Kier molecular flexibility index (Phi) is 5.64. The molecule has 0 bridgehead atoms. The second-order valence-electron chi connectivity index (χ2n) is 5.08. The Morgan fingerprint density at radius 1 is 1.35 bits per heavy atom. The van der Waals surface area contributed by atoms with Crippen LogP contribution in [0.3, 0.4) is 0 Å². The van der Waals surface area contributed by atoms with Crippen molar-refractivity contribution in [2.24, 2.45) is 0 Å². The minimum absolute atomic E-state index is 0.0591. The number of hydrogen-bond donors (Lipinski definition) is 2. The molecule has 20 heavy (non-hydrogen) atoms. The van der Waals surface area contributed by atoms with Gasteiger partial charge >= 0.3 is 0 Å². The molecule has 0 amide bonds. The van der Waals surface area contributed by atoms with Crippen molar-refractivity contribution in [3.63, 3.8) is 0 Å². The molecule has 0 unspecified atom stereocenters. The van der Waals surface area contributed by atoms with Crippen LogP contribution in [0.25, 0.3) is 0 Å². The Labute approximate surface area is 119 Å². The number of benzene rings is 1. The third-order valence-corrected chi connectivity index (χ3v) is 4.34. The Morgan fingerprint density at radius 2 is 2.00 bits per heavy atom. The Balaban J connectivity index is 2.93. The molecule has 1 aromatic rings. The summed E-state index contributed by atoms with van der Waals surface area (Å²) in [7, 11) is -0.671. The summed E-state index contributed by atoms with van der Waals surface area (Å²) >= 11 is 0. The predicted octanol–water partition coefficient (Wildman–Crippen LogP) is 1.25. The SMILES string of the molecule is CNCc1ccc(S(=O)(=O)NCC(C)(C)OC)c(F)c1. The molecule has 0 heterocycles. The van der Waals surface area contributed by atoms with Crippen molar-refractivity contribution in [3.05, 3.63) is 29.6 Å². The lowest BCUT2D eigenvalue weighted by Crippen LogP contribution is -2.39. The van der Waals surface area contributed by atoms with E-state index in [2.05, 4.69) is 10.0 Å². The van der Waals surface area contributed by atoms with Crippen molar-refractivity contribution >= 4 is 10.0 Å². The zero-order valence-electron chi connectivity index (χ0n) is 12.2. The van der Waals surface area contributed by atoms with Gasteiger partial charge in [-0.05, 0) is 38.6 Å². The minimum atomic E-state index is -3.89. The van der Waals surface area contributed by atoms with Crippen LogP contribution in [-0.4, -0.2) is 34.7 Å². The van der Waals surface area contributed by atoms with Gasteiger partial charge in [-0.3, -0.25) is 0 Å². The van der Waals surface area contributed by atoms with Gasteiger partial charge in [-0.15, -0.1) is 0 Å². The van der Waals surface area contributed by atoms with Crippen molar-refractivity contribution in [2.75, 3.05) is 20.7 Å². The molecule has 0 spiro atoms. The van der Waals surface area contributed by atoms with E-state index in [0.717, 1.165) is 0 Å². The molecule has 0 aliphatic heterocycles. The lowest BCUT2D eigenvalue weighted by Gasteiger charge is -2.23. The van der Waals surface area contributed by atoms with E-state index in [0.29, 0.717) is 12.1 Å². The van der Waals surface area contributed by atoms with Crippen LogP contribution in [0.5, 0.6) is 0 Å². The first kappa shape index (κ1) is 17.0. The highest BCUT2D eigenvalue weighted by molar-refractivity contribution is 7.89. The number of rotatable bonds is 7. The van der Waals surface area contributed by atoms with Gasteiger partial charge in [-0.25, -0.2) is 17.5 Å². The maximum absolute atomic E-state index is 13.9. The van der Waals surface area contributed by atoms with Crippen LogP contribution in [0.15, 0.2) is 23.1 Å². The van der Waals surface area contributed by atoms with E-state index in [1.165, 1.54) is 19.2 Å². The molecule has 1 aromatic carbocycles. The summed E-state index contributed by atoms with van der Waals surface area (Å²) in [4.78, 5) is -0.357. The van der Waals surface area contributed by atoms with Crippen LogP contribution < -0.4 is 10.0 Å². The maximum Gasteiger partial charge on any atom is 0.243 e. The number of hydrogen-bond acceptors (Lipinski definition) is 4. The van der Waals surface area contributed by atoms with Crippen molar-refractivity contribution in [3.8, 4) is 0 Å². The molecule has 0 fully saturated rings. The smallest absolute Gasteiger partial charge is 0.243 e. The minimum Gasteiger partial charge on any atom is -0.377 e. The van der Waals surface area contributed by atoms with Crippen molar-refractivity contribution in [1.82, 2.24) is 10.0 Å². The van der Waals surface area contributed by atoms with Gasteiger partial charge in [-0.2, -0.15) is 0 Å². The van der Waals surface area contributed by atoms with Gasteiger partial charge in [0.1, 0.15) is 10.7 Å². The van der Waals surface area contributed by atoms with Crippen molar-refractivity contribution < 1.29 is 17.5 Å². The van der Waals surface area contributed by atoms with Gasteiger partial charge in [0.2, 0.25) is 10.0 Å². The highest BCUT2D eigenvalue weighted by Gasteiger charge is 2.24. The first-order valence-corrected chi connectivity index (χ1v) is 7.68. The number of sulfonamides is 1. The van der Waals surface area contributed by atoms with Gasteiger partial charge in [-0.1, -0.05) is 6.07 Å². The Morgan fingerprint density at radius 3 is 2.50 bits per heavy atom. The van der Waals surface area contributed by atoms with E-state index in [9.17, 15) is 12.8 Å². The highest BCUT2D eigenvalue weighted by atomic mass is 32.2. The highest BCUT2D eigenvalue weighted by Crippen LogP contribution is 2.17. The zero-order chi connectivity index (χ0) is 15.4. The molecule has 0 aliphatic rings. The van der Waals surface area contributed by atoms with Crippen LogP contribution in [0.1, 0.15) is 19.4 Å². The second-order valence-corrected chi connectivity index (χ2v) is 6.82. The fraction of sp³-hybridized carbons (Fsp3) is 0.538. The molecular weight excluding hydrogens is 283 g/mol. The zero-order valence-corrected chi connectivity index (χ0v) is 13.0. The van der Waals surface area contributed by atoms with Crippen molar-refractivity contribution in [1.29, 1.82) is 0 Å².